The Hall–Kier alpha value is -3.13. The van der Waals surface area contributed by atoms with Crippen LogP contribution in [0.2, 0.25) is 0 Å². The first-order valence-corrected chi connectivity index (χ1v) is 12.6. The molecule has 0 aliphatic carbocycles. The Bertz CT molecular complexity index is 1070. The molecule has 3 aliphatic heterocycles. The van der Waals surface area contributed by atoms with Gasteiger partial charge in [0, 0.05) is 48.0 Å². The first kappa shape index (κ1) is 23.6. The summed E-state index contributed by atoms with van der Waals surface area (Å²) in [6, 6.07) is 10.5. The van der Waals surface area contributed by atoms with Crippen molar-refractivity contribution in [3.63, 3.8) is 0 Å². The summed E-state index contributed by atoms with van der Waals surface area (Å²) < 4.78 is 5.37. The molecule has 0 radical (unpaired) electrons. The number of anilines is 1. The van der Waals surface area contributed by atoms with E-state index < -0.39 is 0 Å². The highest BCUT2D eigenvalue weighted by molar-refractivity contribution is 5.96. The minimum atomic E-state index is -0.0541. The lowest BCUT2D eigenvalue weighted by molar-refractivity contribution is 0.0922. The molecule has 2 N–H and O–H groups in total. The topological polar surface area (TPSA) is 86.8 Å². The van der Waals surface area contributed by atoms with Gasteiger partial charge in [0.25, 0.3) is 11.8 Å². The van der Waals surface area contributed by atoms with Crippen LogP contribution >= 0.6 is 0 Å². The molecule has 3 fully saturated rings. The molecule has 2 aromatic rings. The number of nitrogens with zero attached hydrogens (tertiary/aromatic N) is 3. The standard InChI is InChI=1S/C27H35N5O3/c1-17-23(5-4-6-24(17)35-3)27(34)30-20-13-21-8-9-22(14-20)32(21)25-10-7-18(15-28-25)26(33)29-19-11-12-31(2)16-19/h4-7,10,15,19-22H,8-9,11-14,16H2,1-3H3,(H,29,33)(H,30,34)/t19-,20?,21-,22+/m1/s1. The third-order valence-corrected chi connectivity index (χ3v) is 7.82. The van der Waals surface area contributed by atoms with Crippen LogP contribution in [-0.4, -0.2) is 73.1 Å². The molecule has 3 saturated heterocycles. The monoisotopic (exact) mass is 477 g/mol. The van der Waals surface area contributed by atoms with Crippen molar-refractivity contribution >= 4 is 17.6 Å². The summed E-state index contributed by atoms with van der Waals surface area (Å²) in [7, 11) is 3.70. The second-order valence-corrected chi connectivity index (χ2v) is 10.2. The van der Waals surface area contributed by atoms with Gasteiger partial charge >= 0.3 is 0 Å². The highest BCUT2D eigenvalue weighted by Gasteiger charge is 2.42. The predicted octanol–water partition coefficient (Wildman–Crippen LogP) is 2.76. The molecular weight excluding hydrogens is 442 g/mol. The molecule has 0 saturated carbocycles. The van der Waals surface area contributed by atoms with Crippen LogP contribution < -0.4 is 20.3 Å². The number of rotatable bonds is 6. The second kappa shape index (κ2) is 9.85. The number of benzene rings is 1. The number of aromatic nitrogens is 1. The Balaban J connectivity index is 1.21. The smallest absolute Gasteiger partial charge is 0.253 e. The molecule has 8 nitrogen and oxygen atoms in total. The molecule has 186 valence electrons. The molecule has 1 unspecified atom stereocenters. The van der Waals surface area contributed by atoms with Crippen molar-refractivity contribution in [3.8, 4) is 5.75 Å². The number of nitrogens with one attached hydrogen (secondary N) is 2. The van der Waals surface area contributed by atoms with Crippen LogP contribution in [0.5, 0.6) is 5.75 Å². The van der Waals surface area contributed by atoms with Gasteiger partial charge in [0.2, 0.25) is 0 Å². The van der Waals surface area contributed by atoms with Gasteiger partial charge < -0.3 is 25.2 Å². The van der Waals surface area contributed by atoms with E-state index in [1.54, 1.807) is 13.3 Å². The zero-order valence-corrected chi connectivity index (χ0v) is 20.8. The Labute approximate surface area is 207 Å². The molecule has 5 rings (SSSR count). The number of likely N-dealkylation sites (tertiary alicyclic amines) is 1. The lowest BCUT2D eigenvalue weighted by Crippen LogP contribution is -2.50. The molecule has 35 heavy (non-hydrogen) atoms. The highest BCUT2D eigenvalue weighted by Crippen LogP contribution is 2.38. The number of ether oxygens (including phenoxy) is 1. The maximum atomic E-state index is 13.0. The summed E-state index contributed by atoms with van der Waals surface area (Å²) in [6.07, 6.45) is 6.65. The van der Waals surface area contributed by atoms with Crippen molar-refractivity contribution in [2.45, 2.75) is 63.2 Å². The minimum Gasteiger partial charge on any atom is -0.496 e. The summed E-state index contributed by atoms with van der Waals surface area (Å²) in [5.41, 5.74) is 2.13. The van der Waals surface area contributed by atoms with Crippen LogP contribution in [0.3, 0.4) is 0 Å². The molecule has 0 spiro atoms. The van der Waals surface area contributed by atoms with Gasteiger partial charge in [-0.05, 0) is 76.9 Å². The van der Waals surface area contributed by atoms with E-state index in [1.165, 1.54) is 0 Å². The van der Waals surface area contributed by atoms with E-state index in [4.69, 9.17) is 4.74 Å². The number of hydrogen-bond acceptors (Lipinski definition) is 6. The summed E-state index contributed by atoms with van der Waals surface area (Å²) in [5, 5.41) is 6.38. The number of piperidine rings is 1. The van der Waals surface area contributed by atoms with E-state index in [-0.39, 0.29) is 23.9 Å². The molecule has 2 bridgehead atoms. The molecule has 4 heterocycles. The average molecular weight is 478 g/mol. The lowest BCUT2D eigenvalue weighted by atomic mass is 9.96. The van der Waals surface area contributed by atoms with Gasteiger partial charge in [-0.1, -0.05) is 6.07 Å². The van der Waals surface area contributed by atoms with Gasteiger partial charge in [0.15, 0.2) is 0 Å². The van der Waals surface area contributed by atoms with Gasteiger partial charge in [-0.3, -0.25) is 9.59 Å². The predicted molar refractivity (Wildman–Crippen MR) is 135 cm³/mol. The largest absolute Gasteiger partial charge is 0.496 e. The van der Waals surface area contributed by atoms with Gasteiger partial charge in [-0.15, -0.1) is 0 Å². The normalized spacial score (nSPS) is 26.0. The third kappa shape index (κ3) is 4.85. The number of methoxy groups -OCH3 is 1. The van der Waals surface area contributed by atoms with Crippen LogP contribution in [0.4, 0.5) is 5.82 Å². The minimum absolute atomic E-state index is 0.0406. The van der Waals surface area contributed by atoms with Crippen LogP contribution in [0, 0.1) is 6.92 Å². The molecule has 1 aromatic heterocycles. The SMILES string of the molecule is COc1cccc(C(=O)NC2C[C@H]3CC[C@@H](C2)N3c2ccc(C(=O)N[C@@H]3CCN(C)C3)cn2)c1C. The molecule has 3 aliphatic rings. The van der Waals surface area contributed by atoms with Crippen molar-refractivity contribution in [2.75, 3.05) is 32.1 Å². The summed E-state index contributed by atoms with van der Waals surface area (Å²) >= 11 is 0. The molecule has 8 heteroatoms. The van der Waals surface area contributed by atoms with E-state index >= 15 is 0 Å². The first-order valence-electron chi connectivity index (χ1n) is 12.6. The van der Waals surface area contributed by atoms with Crippen molar-refractivity contribution in [1.82, 2.24) is 20.5 Å². The van der Waals surface area contributed by atoms with Crippen molar-refractivity contribution in [3.05, 3.63) is 53.2 Å². The van der Waals surface area contributed by atoms with Crippen LogP contribution in [-0.2, 0) is 0 Å². The van der Waals surface area contributed by atoms with E-state index in [9.17, 15) is 9.59 Å². The maximum Gasteiger partial charge on any atom is 0.253 e. The fourth-order valence-electron chi connectivity index (χ4n) is 6.01. The molecule has 1 aromatic carbocycles. The quantitative estimate of drug-likeness (QED) is 0.666. The van der Waals surface area contributed by atoms with E-state index in [0.29, 0.717) is 23.2 Å². The van der Waals surface area contributed by atoms with E-state index in [0.717, 1.165) is 62.3 Å². The fraction of sp³-hybridized carbons (Fsp3) is 0.519. The van der Waals surface area contributed by atoms with Crippen LogP contribution in [0.15, 0.2) is 36.5 Å². The molecule has 4 atom stereocenters. The number of carbonyl (C=O) groups excluding carboxylic acids is 2. The molecular formula is C27H35N5O3. The zero-order chi connectivity index (χ0) is 24.5. The number of carbonyl (C=O) groups is 2. The number of amides is 2. The number of pyridine rings is 1. The summed E-state index contributed by atoms with van der Waals surface area (Å²) in [5.74, 6) is 1.55. The fourth-order valence-corrected chi connectivity index (χ4v) is 6.01. The Kier molecular flexibility index (Phi) is 6.65. The first-order chi connectivity index (χ1) is 16.9. The Morgan fingerprint density at radius 3 is 2.37 bits per heavy atom. The van der Waals surface area contributed by atoms with Gasteiger partial charge in [0.1, 0.15) is 11.6 Å². The zero-order valence-electron chi connectivity index (χ0n) is 20.8. The highest BCUT2D eigenvalue weighted by atomic mass is 16.5. The summed E-state index contributed by atoms with van der Waals surface area (Å²) in [4.78, 5) is 34.9. The second-order valence-electron chi connectivity index (χ2n) is 10.2. The molecule has 2 amide bonds. The number of fused-ring (bicyclic) bond motifs is 2. The van der Waals surface area contributed by atoms with Crippen molar-refractivity contribution in [2.24, 2.45) is 0 Å². The maximum absolute atomic E-state index is 13.0. The summed E-state index contributed by atoms with van der Waals surface area (Å²) in [6.45, 7) is 3.83. The third-order valence-electron chi connectivity index (χ3n) is 7.82. The Morgan fingerprint density at radius 1 is 1.00 bits per heavy atom. The van der Waals surface area contributed by atoms with Crippen molar-refractivity contribution in [1.29, 1.82) is 0 Å². The van der Waals surface area contributed by atoms with E-state index in [2.05, 4.69) is 32.5 Å². The van der Waals surface area contributed by atoms with E-state index in [1.807, 2.05) is 37.3 Å². The van der Waals surface area contributed by atoms with Crippen molar-refractivity contribution < 1.29 is 14.3 Å². The van der Waals surface area contributed by atoms with Gasteiger partial charge in [-0.2, -0.15) is 0 Å². The number of likely N-dealkylation sites (N-methyl/N-ethyl adjacent to an activating group) is 1. The van der Waals surface area contributed by atoms with Gasteiger partial charge in [-0.25, -0.2) is 4.98 Å². The van der Waals surface area contributed by atoms with Gasteiger partial charge in [0.05, 0.1) is 12.7 Å². The Morgan fingerprint density at radius 2 is 1.74 bits per heavy atom. The van der Waals surface area contributed by atoms with Crippen LogP contribution in [0.25, 0.3) is 0 Å². The van der Waals surface area contributed by atoms with Crippen LogP contribution in [0.1, 0.15) is 58.4 Å². The average Bonchev–Trinajstić information content (AvgIpc) is 3.38. The lowest BCUT2D eigenvalue weighted by Gasteiger charge is -2.40. The number of hydrogen-bond donors (Lipinski definition) is 2.